The molecule has 2 nitrogen and oxygen atoms in total. The van der Waals surface area contributed by atoms with E-state index in [9.17, 15) is 0 Å². The highest BCUT2D eigenvalue weighted by Gasteiger charge is 2.12. The number of nitrogens with zero attached hydrogens (tertiary/aromatic N) is 1. The Morgan fingerprint density at radius 2 is 1.63 bits per heavy atom. The van der Waals surface area contributed by atoms with E-state index in [0.29, 0.717) is 0 Å². The lowest BCUT2D eigenvalue weighted by Crippen LogP contribution is -1.94. The minimum Gasteiger partial charge on any atom is -0.464 e. The molecule has 27 heavy (non-hydrogen) atoms. The molecule has 0 spiro atoms. The van der Waals surface area contributed by atoms with Crippen LogP contribution in [0.4, 0.5) is 0 Å². The van der Waals surface area contributed by atoms with E-state index in [4.69, 9.17) is 4.74 Å². The van der Waals surface area contributed by atoms with Gasteiger partial charge in [0.15, 0.2) is 0 Å². The minimum atomic E-state index is 0.832. The Morgan fingerprint density at radius 3 is 2.56 bits per heavy atom. The van der Waals surface area contributed by atoms with Crippen LogP contribution in [-0.2, 0) is 7.05 Å². The highest BCUT2D eigenvalue weighted by molar-refractivity contribution is 6.09. The number of benzene rings is 3. The molecule has 2 heteroatoms. The molecule has 0 N–H and O–H groups in total. The maximum absolute atomic E-state index is 5.83. The van der Waals surface area contributed by atoms with E-state index in [2.05, 4.69) is 66.7 Å². The van der Waals surface area contributed by atoms with Gasteiger partial charge >= 0.3 is 0 Å². The summed E-state index contributed by atoms with van der Waals surface area (Å²) >= 11 is 0. The van der Waals surface area contributed by atoms with Gasteiger partial charge in [-0.2, -0.15) is 0 Å². The molecule has 3 aromatic carbocycles. The van der Waals surface area contributed by atoms with E-state index in [1.165, 1.54) is 21.8 Å². The molecule has 0 radical (unpaired) electrons. The van der Waals surface area contributed by atoms with Gasteiger partial charge in [-0.15, -0.1) is 0 Å². The Morgan fingerprint density at radius 1 is 0.852 bits per heavy atom. The predicted octanol–water partition coefficient (Wildman–Crippen LogP) is 6.33. The minimum absolute atomic E-state index is 0.832. The molecule has 0 bridgehead atoms. The zero-order valence-electron chi connectivity index (χ0n) is 15.1. The monoisotopic (exact) mass is 349 g/mol. The van der Waals surface area contributed by atoms with Crippen LogP contribution in [0.15, 0.2) is 91.7 Å². The zero-order chi connectivity index (χ0) is 18.4. The molecule has 4 aromatic rings. The molecule has 0 atom stereocenters. The quantitative estimate of drug-likeness (QED) is 0.391. The van der Waals surface area contributed by atoms with Gasteiger partial charge in [0.2, 0.25) is 0 Å². The lowest BCUT2D eigenvalue weighted by atomic mass is 9.97. The van der Waals surface area contributed by atoms with Gasteiger partial charge in [0.05, 0.1) is 6.26 Å². The largest absolute Gasteiger partial charge is 0.464 e. The summed E-state index contributed by atoms with van der Waals surface area (Å²) in [5.74, 6) is 0.832. The average Bonchev–Trinajstić information content (AvgIpc) is 2.98. The molecular weight excluding hydrogens is 330 g/mol. The molecule has 0 saturated carbocycles. The van der Waals surface area contributed by atoms with E-state index in [-0.39, 0.29) is 0 Å². The van der Waals surface area contributed by atoms with Crippen molar-refractivity contribution in [3.63, 3.8) is 0 Å². The lowest BCUT2D eigenvalue weighted by molar-refractivity contribution is 0.480. The molecule has 1 aliphatic heterocycles. The third kappa shape index (κ3) is 2.49. The van der Waals surface area contributed by atoms with Crippen LogP contribution in [0.25, 0.3) is 33.0 Å². The second kappa shape index (κ2) is 6.03. The predicted molar refractivity (Wildman–Crippen MR) is 114 cm³/mol. The highest BCUT2D eigenvalue weighted by atomic mass is 16.5. The Hall–Kier alpha value is -3.52. The summed E-state index contributed by atoms with van der Waals surface area (Å²) in [4.78, 5) is 0. The van der Waals surface area contributed by atoms with Gasteiger partial charge in [0.25, 0.3) is 0 Å². The van der Waals surface area contributed by atoms with E-state index in [1.54, 1.807) is 6.26 Å². The summed E-state index contributed by atoms with van der Waals surface area (Å²) < 4.78 is 8.07. The summed E-state index contributed by atoms with van der Waals surface area (Å²) in [5, 5.41) is 2.53. The number of ether oxygens (including phenoxy) is 1. The summed E-state index contributed by atoms with van der Waals surface area (Å²) in [6.07, 6.45) is 5.89. The SMILES string of the molecule is C=C1/C=C(c2ccc3c(c2)c2ccccc2n3C)\C=C/Oc2ccccc21. The van der Waals surface area contributed by atoms with E-state index >= 15 is 0 Å². The van der Waals surface area contributed by atoms with Crippen molar-refractivity contribution in [3.05, 3.63) is 103 Å². The Labute approximate surface area is 158 Å². The number of allylic oxidation sites excluding steroid dienone is 4. The van der Waals surface area contributed by atoms with Gasteiger partial charge in [0, 0.05) is 34.4 Å². The third-order valence-electron chi connectivity index (χ3n) is 5.25. The number of fused-ring (bicyclic) bond motifs is 4. The normalized spacial score (nSPS) is 16.9. The third-order valence-corrected chi connectivity index (χ3v) is 5.25. The van der Waals surface area contributed by atoms with Crippen LogP contribution < -0.4 is 4.74 Å². The number of aryl methyl sites for hydroxylation is 1. The molecule has 130 valence electrons. The number of para-hydroxylation sites is 2. The highest BCUT2D eigenvalue weighted by Crippen LogP contribution is 2.34. The molecule has 0 fully saturated rings. The molecule has 1 aliphatic rings. The van der Waals surface area contributed by atoms with Gasteiger partial charge in [-0.3, -0.25) is 0 Å². The van der Waals surface area contributed by atoms with Crippen molar-refractivity contribution in [3.8, 4) is 5.75 Å². The first-order valence-corrected chi connectivity index (χ1v) is 9.03. The molecule has 0 saturated heterocycles. The molecule has 0 amide bonds. The zero-order valence-corrected chi connectivity index (χ0v) is 15.1. The standard InChI is InChI=1S/C25H19NO/c1-17-15-19(13-14-27-25-10-6-4-7-20(17)25)18-11-12-24-22(16-18)21-8-3-5-9-23(21)26(24)2/h3-16H,1H2,2H3/b14-13-,19-15+. The maximum atomic E-state index is 5.83. The van der Waals surface area contributed by atoms with Crippen LogP contribution in [0.1, 0.15) is 11.1 Å². The maximum Gasteiger partial charge on any atom is 0.134 e. The van der Waals surface area contributed by atoms with Gasteiger partial charge in [-0.25, -0.2) is 0 Å². The molecule has 2 heterocycles. The summed E-state index contributed by atoms with van der Waals surface area (Å²) in [6, 6.07) is 23.1. The summed E-state index contributed by atoms with van der Waals surface area (Å²) in [5.41, 5.74) is 6.68. The fourth-order valence-corrected chi connectivity index (χ4v) is 3.86. The van der Waals surface area contributed by atoms with Crippen LogP contribution in [0.2, 0.25) is 0 Å². The summed E-state index contributed by atoms with van der Waals surface area (Å²) in [6.45, 7) is 4.25. The van der Waals surface area contributed by atoms with Crippen LogP contribution in [0, 0.1) is 0 Å². The van der Waals surface area contributed by atoms with Crippen molar-refractivity contribution < 1.29 is 4.74 Å². The molecule has 0 aliphatic carbocycles. The fraction of sp³-hybridized carbons (Fsp3) is 0.0400. The second-order valence-corrected chi connectivity index (χ2v) is 6.85. The van der Waals surface area contributed by atoms with Crippen molar-refractivity contribution in [2.24, 2.45) is 7.05 Å². The molecular formula is C25H19NO. The van der Waals surface area contributed by atoms with Gasteiger partial charge < -0.3 is 9.30 Å². The van der Waals surface area contributed by atoms with Crippen LogP contribution in [-0.4, -0.2) is 4.57 Å². The Bertz CT molecular complexity index is 1270. The summed E-state index contributed by atoms with van der Waals surface area (Å²) in [7, 11) is 2.12. The van der Waals surface area contributed by atoms with Crippen molar-refractivity contribution in [2.45, 2.75) is 0 Å². The first-order valence-electron chi connectivity index (χ1n) is 9.03. The van der Waals surface area contributed by atoms with E-state index in [1.807, 2.05) is 30.3 Å². The molecule has 5 rings (SSSR count). The first-order chi connectivity index (χ1) is 13.2. The van der Waals surface area contributed by atoms with Crippen molar-refractivity contribution in [1.29, 1.82) is 0 Å². The Balaban J connectivity index is 1.68. The number of hydrogen-bond donors (Lipinski definition) is 0. The van der Waals surface area contributed by atoms with E-state index in [0.717, 1.165) is 28.0 Å². The topological polar surface area (TPSA) is 14.2 Å². The van der Waals surface area contributed by atoms with Crippen LogP contribution in [0.5, 0.6) is 5.75 Å². The van der Waals surface area contributed by atoms with Gasteiger partial charge in [-0.1, -0.05) is 49.0 Å². The number of hydrogen-bond acceptors (Lipinski definition) is 1. The van der Waals surface area contributed by atoms with Crippen molar-refractivity contribution >= 4 is 33.0 Å². The van der Waals surface area contributed by atoms with E-state index < -0.39 is 0 Å². The van der Waals surface area contributed by atoms with Crippen LogP contribution >= 0.6 is 0 Å². The molecule has 0 unspecified atom stereocenters. The van der Waals surface area contributed by atoms with Gasteiger partial charge in [0.1, 0.15) is 5.75 Å². The fourth-order valence-electron chi connectivity index (χ4n) is 3.86. The van der Waals surface area contributed by atoms with Gasteiger partial charge in [-0.05, 0) is 53.1 Å². The van der Waals surface area contributed by atoms with Crippen LogP contribution in [0.3, 0.4) is 0 Å². The smallest absolute Gasteiger partial charge is 0.134 e. The first kappa shape index (κ1) is 15.7. The average molecular weight is 349 g/mol. The van der Waals surface area contributed by atoms with Crippen molar-refractivity contribution in [1.82, 2.24) is 4.57 Å². The second-order valence-electron chi connectivity index (χ2n) is 6.85. The Kier molecular flexibility index (Phi) is 3.51. The lowest BCUT2D eigenvalue weighted by Gasteiger charge is -2.13. The number of rotatable bonds is 1. The van der Waals surface area contributed by atoms with Crippen molar-refractivity contribution in [2.75, 3.05) is 0 Å². The molecule has 1 aromatic heterocycles. The number of aromatic nitrogens is 1.